The fourth-order valence-corrected chi connectivity index (χ4v) is 2.91. The number of halogens is 2. The SMILES string of the molecule is N/C(=C(/Cl)c1c(-c2ccccc2)nn(CCF)c1N)c1ccccc1. The number of aryl methyl sites for hydroxylation is 1. The lowest BCUT2D eigenvalue weighted by atomic mass is 10.0. The van der Waals surface area contributed by atoms with E-state index in [1.165, 1.54) is 4.68 Å². The molecule has 0 saturated heterocycles. The van der Waals surface area contributed by atoms with Crippen LogP contribution in [0.1, 0.15) is 11.1 Å². The van der Waals surface area contributed by atoms with E-state index in [-0.39, 0.29) is 6.54 Å². The van der Waals surface area contributed by atoms with Gasteiger partial charge in [0, 0.05) is 5.56 Å². The summed E-state index contributed by atoms with van der Waals surface area (Å²) in [5.74, 6) is 0.292. The third-order valence-corrected chi connectivity index (χ3v) is 4.27. The summed E-state index contributed by atoms with van der Waals surface area (Å²) in [6.07, 6.45) is 0. The topological polar surface area (TPSA) is 69.9 Å². The molecule has 1 aromatic heterocycles. The predicted molar refractivity (Wildman–Crippen MR) is 101 cm³/mol. The maximum absolute atomic E-state index is 12.8. The maximum Gasteiger partial charge on any atom is 0.131 e. The Balaban J connectivity index is 2.20. The molecule has 3 aromatic rings. The summed E-state index contributed by atoms with van der Waals surface area (Å²) < 4.78 is 14.3. The van der Waals surface area contributed by atoms with Gasteiger partial charge in [0.25, 0.3) is 0 Å². The fraction of sp³-hybridized carbons (Fsp3) is 0.105. The number of rotatable bonds is 5. The number of hydrogen-bond acceptors (Lipinski definition) is 3. The van der Waals surface area contributed by atoms with E-state index in [0.717, 1.165) is 11.1 Å². The van der Waals surface area contributed by atoms with Crippen LogP contribution in [0.25, 0.3) is 22.0 Å². The number of nitrogens with zero attached hydrogens (tertiary/aromatic N) is 2. The fourth-order valence-electron chi connectivity index (χ4n) is 2.62. The molecule has 1 heterocycles. The molecule has 3 rings (SSSR count). The zero-order valence-electron chi connectivity index (χ0n) is 13.5. The van der Waals surface area contributed by atoms with Crippen LogP contribution < -0.4 is 11.5 Å². The van der Waals surface area contributed by atoms with Crippen molar-refractivity contribution in [3.8, 4) is 11.3 Å². The minimum atomic E-state index is -0.574. The van der Waals surface area contributed by atoms with Gasteiger partial charge in [0.1, 0.15) is 18.2 Å². The molecule has 0 spiro atoms. The van der Waals surface area contributed by atoms with Crippen molar-refractivity contribution in [2.24, 2.45) is 5.73 Å². The lowest BCUT2D eigenvalue weighted by molar-refractivity contribution is 0.430. The average Bonchev–Trinajstić information content (AvgIpc) is 2.99. The Kier molecular flexibility index (Phi) is 5.05. The first kappa shape index (κ1) is 17.0. The summed E-state index contributed by atoms with van der Waals surface area (Å²) >= 11 is 6.59. The van der Waals surface area contributed by atoms with Gasteiger partial charge in [-0.25, -0.2) is 9.07 Å². The lowest BCUT2D eigenvalue weighted by Crippen LogP contribution is -2.07. The number of nitrogens with two attached hydrogens (primary N) is 2. The van der Waals surface area contributed by atoms with E-state index < -0.39 is 6.67 Å². The second kappa shape index (κ2) is 7.40. The molecule has 0 bridgehead atoms. The minimum absolute atomic E-state index is 0.0566. The first-order valence-electron chi connectivity index (χ1n) is 7.82. The van der Waals surface area contributed by atoms with Gasteiger partial charge >= 0.3 is 0 Å². The monoisotopic (exact) mass is 356 g/mol. The van der Waals surface area contributed by atoms with Gasteiger partial charge in [-0.15, -0.1) is 0 Å². The Bertz CT molecular complexity index is 889. The average molecular weight is 357 g/mol. The standard InChI is InChI=1S/C19H18ClFN4/c20-16(17(22)13-7-3-1-4-8-13)15-18(14-9-5-2-6-10-14)24-25(12-11-21)19(15)23/h1-10H,11-12,22-23H2/b17-16+. The van der Waals surface area contributed by atoms with Gasteiger partial charge in [-0.05, 0) is 5.56 Å². The Labute approximate surface area is 150 Å². The van der Waals surface area contributed by atoms with E-state index in [0.29, 0.717) is 27.8 Å². The van der Waals surface area contributed by atoms with Crippen molar-refractivity contribution in [2.45, 2.75) is 6.54 Å². The van der Waals surface area contributed by atoms with Crippen LogP contribution in [-0.2, 0) is 6.54 Å². The van der Waals surface area contributed by atoms with Crippen LogP contribution in [-0.4, -0.2) is 16.5 Å². The highest BCUT2D eigenvalue weighted by Crippen LogP contribution is 2.37. The van der Waals surface area contributed by atoms with Gasteiger partial charge in [0.2, 0.25) is 0 Å². The molecular weight excluding hydrogens is 339 g/mol. The van der Waals surface area contributed by atoms with Gasteiger partial charge in [-0.3, -0.25) is 0 Å². The summed E-state index contributed by atoms with van der Waals surface area (Å²) in [6, 6.07) is 18.9. The van der Waals surface area contributed by atoms with Crippen molar-refractivity contribution in [3.63, 3.8) is 0 Å². The highest BCUT2D eigenvalue weighted by molar-refractivity contribution is 6.53. The summed E-state index contributed by atoms with van der Waals surface area (Å²) in [7, 11) is 0. The molecule has 0 atom stereocenters. The van der Waals surface area contributed by atoms with Crippen molar-refractivity contribution in [1.29, 1.82) is 0 Å². The molecule has 25 heavy (non-hydrogen) atoms. The summed E-state index contributed by atoms with van der Waals surface area (Å²) in [5, 5.41) is 4.74. The molecule has 0 unspecified atom stereocenters. The van der Waals surface area contributed by atoms with E-state index in [1.807, 2.05) is 60.7 Å². The van der Waals surface area contributed by atoms with Crippen molar-refractivity contribution < 1.29 is 4.39 Å². The van der Waals surface area contributed by atoms with E-state index in [9.17, 15) is 4.39 Å². The van der Waals surface area contributed by atoms with Gasteiger partial charge in [-0.2, -0.15) is 5.10 Å². The molecular formula is C19H18ClFN4. The van der Waals surface area contributed by atoms with Gasteiger partial charge in [-0.1, -0.05) is 72.3 Å². The third kappa shape index (κ3) is 3.37. The molecule has 4 nitrogen and oxygen atoms in total. The predicted octanol–water partition coefficient (Wildman–Crippen LogP) is 4.13. The highest BCUT2D eigenvalue weighted by Gasteiger charge is 2.21. The first-order chi connectivity index (χ1) is 12.1. The zero-order chi connectivity index (χ0) is 17.8. The van der Waals surface area contributed by atoms with Crippen LogP contribution in [0.4, 0.5) is 10.2 Å². The Hall–Kier alpha value is -2.79. The summed E-state index contributed by atoms with van der Waals surface area (Å²) in [4.78, 5) is 0. The van der Waals surface area contributed by atoms with E-state index in [4.69, 9.17) is 23.1 Å². The van der Waals surface area contributed by atoms with Crippen LogP contribution >= 0.6 is 11.6 Å². The molecule has 0 amide bonds. The van der Waals surface area contributed by atoms with Crippen molar-refractivity contribution in [1.82, 2.24) is 9.78 Å². The van der Waals surface area contributed by atoms with Crippen LogP contribution in [0.15, 0.2) is 60.7 Å². The van der Waals surface area contributed by atoms with Crippen LogP contribution in [0.3, 0.4) is 0 Å². The zero-order valence-corrected chi connectivity index (χ0v) is 14.2. The number of alkyl halides is 1. The molecule has 0 aliphatic rings. The number of nitrogen functional groups attached to an aromatic ring is 1. The molecule has 0 saturated carbocycles. The number of anilines is 1. The van der Waals surface area contributed by atoms with Gasteiger partial charge in [0.15, 0.2) is 0 Å². The molecule has 128 valence electrons. The smallest absolute Gasteiger partial charge is 0.131 e. The van der Waals surface area contributed by atoms with E-state index in [1.54, 1.807) is 0 Å². The second-order valence-corrected chi connectivity index (χ2v) is 5.86. The van der Waals surface area contributed by atoms with Gasteiger partial charge in [0.05, 0.1) is 22.8 Å². The first-order valence-corrected chi connectivity index (χ1v) is 8.20. The lowest BCUT2D eigenvalue weighted by Gasteiger charge is -2.08. The molecule has 6 heteroatoms. The summed E-state index contributed by atoms with van der Waals surface area (Å²) in [6.45, 7) is -0.518. The summed E-state index contributed by atoms with van der Waals surface area (Å²) in [5.41, 5.74) is 15.6. The molecule has 0 fully saturated rings. The Morgan fingerprint density at radius 1 is 1.04 bits per heavy atom. The molecule has 4 N–H and O–H groups in total. The number of benzene rings is 2. The number of hydrogen-bond donors (Lipinski definition) is 2. The molecule has 0 radical (unpaired) electrons. The Morgan fingerprint density at radius 3 is 2.24 bits per heavy atom. The van der Waals surface area contributed by atoms with Crippen LogP contribution in [0.2, 0.25) is 0 Å². The largest absolute Gasteiger partial charge is 0.397 e. The van der Waals surface area contributed by atoms with E-state index >= 15 is 0 Å². The van der Waals surface area contributed by atoms with E-state index in [2.05, 4.69) is 5.10 Å². The normalized spacial score (nSPS) is 12.1. The van der Waals surface area contributed by atoms with Crippen LogP contribution in [0.5, 0.6) is 0 Å². The highest BCUT2D eigenvalue weighted by atomic mass is 35.5. The molecule has 2 aromatic carbocycles. The van der Waals surface area contributed by atoms with Crippen molar-refractivity contribution in [2.75, 3.05) is 12.4 Å². The number of aromatic nitrogens is 2. The molecule has 0 aliphatic heterocycles. The second-order valence-electron chi connectivity index (χ2n) is 5.48. The Morgan fingerprint density at radius 2 is 1.64 bits per heavy atom. The quantitative estimate of drug-likeness (QED) is 0.722. The van der Waals surface area contributed by atoms with Gasteiger partial charge < -0.3 is 11.5 Å². The third-order valence-electron chi connectivity index (χ3n) is 3.88. The van der Waals surface area contributed by atoms with Crippen molar-refractivity contribution >= 4 is 28.1 Å². The van der Waals surface area contributed by atoms with Crippen molar-refractivity contribution in [3.05, 3.63) is 71.8 Å². The minimum Gasteiger partial charge on any atom is -0.397 e. The maximum atomic E-state index is 12.8. The molecule has 0 aliphatic carbocycles. The van der Waals surface area contributed by atoms with Crippen LogP contribution in [0, 0.1) is 0 Å².